The van der Waals surface area contributed by atoms with Crippen molar-refractivity contribution >= 4 is 27.3 Å². The van der Waals surface area contributed by atoms with Crippen LogP contribution in [0.15, 0.2) is 59.1 Å². The zero-order chi connectivity index (χ0) is 15.5. The first kappa shape index (κ1) is 15.5. The fourth-order valence-corrected chi connectivity index (χ4v) is 4.03. The van der Waals surface area contributed by atoms with Crippen LogP contribution < -0.4 is 0 Å². The maximum absolute atomic E-state index is 3.57. The van der Waals surface area contributed by atoms with Crippen LogP contribution in [0.5, 0.6) is 0 Å². The lowest BCUT2D eigenvalue weighted by Crippen LogP contribution is -1.89. The Kier molecular flexibility index (Phi) is 4.80. The van der Waals surface area contributed by atoms with E-state index >= 15 is 0 Å². The van der Waals surface area contributed by atoms with Gasteiger partial charge in [-0.3, -0.25) is 0 Å². The maximum atomic E-state index is 3.57. The van der Waals surface area contributed by atoms with Crippen molar-refractivity contribution in [1.29, 1.82) is 0 Å². The molecule has 0 spiro atoms. The van der Waals surface area contributed by atoms with Gasteiger partial charge in [-0.25, -0.2) is 0 Å². The van der Waals surface area contributed by atoms with E-state index in [1.54, 1.807) is 0 Å². The van der Waals surface area contributed by atoms with E-state index in [1.165, 1.54) is 32.0 Å². The van der Waals surface area contributed by atoms with E-state index in [4.69, 9.17) is 0 Å². The van der Waals surface area contributed by atoms with E-state index in [-0.39, 0.29) is 0 Å². The highest BCUT2D eigenvalue weighted by Gasteiger charge is 2.06. The minimum Gasteiger partial charge on any atom is -0.140 e. The van der Waals surface area contributed by atoms with E-state index in [9.17, 15) is 0 Å². The number of hydrogen-bond acceptors (Lipinski definition) is 1. The largest absolute Gasteiger partial charge is 0.140 e. The minimum absolute atomic E-state index is 1.00. The van der Waals surface area contributed by atoms with Crippen molar-refractivity contribution in [3.63, 3.8) is 0 Å². The summed E-state index contributed by atoms with van der Waals surface area (Å²) < 4.78 is 1.15. The summed E-state index contributed by atoms with van der Waals surface area (Å²) in [5.74, 6) is 0. The van der Waals surface area contributed by atoms with Crippen LogP contribution in [0.4, 0.5) is 0 Å². The Hall–Kier alpha value is -1.38. The first-order chi connectivity index (χ1) is 10.7. The predicted molar refractivity (Wildman–Crippen MR) is 101 cm³/mol. The van der Waals surface area contributed by atoms with Gasteiger partial charge >= 0.3 is 0 Å². The van der Waals surface area contributed by atoms with Crippen LogP contribution in [0.2, 0.25) is 0 Å². The van der Waals surface area contributed by atoms with Gasteiger partial charge in [-0.05, 0) is 59.9 Å². The SMILES string of the molecule is CCc1cccc(-c2ccc(Cc3cc(Br)ccc3C)s2)c1. The Bertz CT molecular complexity index is 786. The van der Waals surface area contributed by atoms with E-state index in [0.717, 1.165) is 17.3 Å². The lowest BCUT2D eigenvalue weighted by molar-refractivity contribution is 1.14. The summed E-state index contributed by atoms with van der Waals surface area (Å²) in [6, 6.07) is 19.9. The zero-order valence-corrected chi connectivity index (χ0v) is 15.3. The molecule has 0 unspecified atom stereocenters. The molecule has 0 amide bonds. The van der Waals surface area contributed by atoms with Gasteiger partial charge in [0.25, 0.3) is 0 Å². The molecule has 3 aromatic rings. The summed E-state index contributed by atoms with van der Waals surface area (Å²) in [4.78, 5) is 2.77. The molecule has 0 fully saturated rings. The van der Waals surface area contributed by atoms with Gasteiger partial charge in [0.15, 0.2) is 0 Å². The topological polar surface area (TPSA) is 0 Å². The highest BCUT2D eigenvalue weighted by Crippen LogP contribution is 2.31. The maximum Gasteiger partial charge on any atom is 0.0345 e. The fourth-order valence-electron chi connectivity index (χ4n) is 2.59. The van der Waals surface area contributed by atoms with Gasteiger partial charge in [0.2, 0.25) is 0 Å². The molecule has 0 saturated heterocycles. The van der Waals surface area contributed by atoms with Crippen molar-refractivity contribution in [2.45, 2.75) is 26.7 Å². The number of hydrogen-bond donors (Lipinski definition) is 0. The zero-order valence-electron chi connectivity index (χ0n) is 12.9. The Morgan fingerprint density at radius 1 is 1.00 bits per heavy atom. The third kappa shape index (κ3) is 3.50. The number of rotatable bonds is 4. The van der Waals surface area contributed by atoms with Crippen molar-refractivity contribution in [3.05, 3.63) is 80.6 Å². The third-order valence-corrected chi connectivity index (χ3v) is 5.58. The van der Waals surface area contributed by atoms with Crippen LogP contribution >= 0.6 is 27.3 Å². The number of aryl methyl sites for hydroxylation is 2. The molecule has 1 heterocycles. The molecular weight excluding hydrogens is 352 g/mol. The molecule has 2 aromatic carbocycles. The van der Waals surface area contributed by atoms with Crippen LogP contribution in [0.1, 0.15) is 28.5 Å². The van der Waals surface area contributed by atoms with Gasteiger partial charge in [0, 0.05) is 20.6 Å². The van der Waals surface area contributed by atoms with E-state index in [1.807, 2.05) is 11.3 Å². The summed E-state index contributed by atoms with van der Waals surface area (Å²) in [7, 11) is 0. The molecule has 3 rings (SSSR count). The molecule has 0 radical (unpaired) electrons. The molecule has 22 heavy (non-hydrogen) atoms. The standard InChI is InChI=1S/C20H19BrS/c1-3-15-5-4-6-16(11-15)20-10-9-19(22-20)13-17-12-18(21)8-7-14(17)2/h4-12H,3,13H2,1-2H3. The quantitative estimate of drug-likeness (QED) is 0.482. The highest BCUT2D eigenvalue weighted by atomic mass is 79.9. The molecule has 0 aliphatic carbocycles. The normalized spacial score (nSPS) is 10.9. The molecule has 0 nitrogen and oxygen atoms in total. The smallest absolute Gasteiger partial charge is 0.0345 e. The molecule has 1 aromatic heterocycles. The lowest BCUT2D eigenvalue weighted by Gasteiger charge is -2.05. The van der Waals surface area contributed by atoms with Gasteiger partial charge in [-0.15, -0.1) is 11.3 Å². The van der Waals surface area contributed by atoms with E-state index in [2.05, 4.69) is 84.4 Å². The van der Waals surface area contributed by atoms with Crippen LogP contribution in [-0.4, -0.2) is 0 Å². The Labute approximate surface area is 145 Å². The monoisotopic (exact) mass is 370 g/mol. The molecule has 0 bridgehead atoms. The van der Waals surface area contributed by atoms with Crippen LogP contribution in [0, 0.1) is 6.92 Å². The highest BCUT2D eigenvalue weighted by molar-refractivity contribution is 9.10. The first-order valence-electron chi connectivity index (χ1n) is 7.59. The predicted octanol–water partition coefficient (Wildman–Crippen LogP) is 6.64. The summed E-state index contributed by atoms with van der Waals surface area (Å²) in [5.41, 5.74) is 5.48. The molecule has 2 heteroatoms. The number of benzene rings is 2. The van der Waals surface area contributed by atoms with Crippen molar-refractivity contribution < 1.29 is 0 Å². The van der Waals surface area contributed by atoms with Gasteiger partial charge < -0.3 is 0 Å². The van der Waals surface area contributed by atoms with Crippen molar-refractivity contribution in [3.8, 4) is 10.4 Å². The van der Waals surface area contributed by atoms with E-state index < -0.39 is 0 Å². The lowest BCUT2D eigenvalue weighted by atomic mass is 10.1. The molecule has 0 aliphatic heterocycles. The molecule has 112 valence electrons. The van der Waals surface area contributed by atoms with E-state index in [0.29, 0.717) is 0 Å². The van der Waals surface area contributed by atoms with Gasteiger partial charge in [-0.2, -0.15) is 0 Å². The summed E-state index contributed by atoms with van der Waals surface area (Å²) >= 11 is 5.47. The number of thiophene rings is 1. The third-order valence-electron chi connectivity index (χ3n) is 3.96. The van der Waals surface area contributed by atoms with Gasteiger partial charge in [-0.1, -0.05) is 53.2 Å². The molecule has 0 saturated carbocycles. The molecule has 0 aliphatic rings. The summed E-state index contributed by atoms with van der Waals surface area (Å²) in [5, 5.41) is 0. The average molecular weight is 371 g/mol. The van der Waals surface area contributed by atoms with Crippen LogP contribution in [0.25, 0.3) is 10.4 Å². The Morgan fingerprint density at radius 3 is 2.68 bits per heavy atom. The second-order valence-electron chi connectivity index (χ2n) is 5.57. The van der Waals surface area contributed by atoms with Crippen molar-refractivity contribution in [2.24, 2.45) is 0 Å². The Morgan fingerprint density at radius 2 is 1.86 bits per heavy atom. The molecule has 0 atom stereocenters. The van der Waals surface area contributed by atoms with Crippen molar-refractivity contribution in [2.75, 3.05) is 0 Å². The summed E-state index contributed by atoms with van der Waals surface area (Å²) in [6.45, 7) is 4.38. The van der Waals surface area contributed by atoms with Crippen LogP contribution in [-0.2, 0) is 12.8 Å². The minimum atomic E-state index is 1.00. The van der Waals surface area contributed by atoms with Gasteiger partial charge in [0.05, 0.1) is 0 Å². The average Bonchev–Trinajstić information content (AvgIpc) is 2.99. The van der Waals surface area contributed by atoms with Crippen LogP contribution in [0.3, 0.4) is 0 Å². The second kappa shape index (κ2) is 6.80. The first-order valence-corrected chi connectivity index (χ1v) is 9.19. The summed E-state index contributed by atoms with van der Waals surface area (Å²) in [6.07, 6.45) is 2.09. The Balaban J connectivity index is 1.86. The van der Waals surface area contributed by atoms with Crippen molar-refractivity contribution in [1.82, 2.24) is 0 Å². The second-order valence-corrected chi connectivity index (χ2v) is 7.65. The fraction of sp³-hybridized carbons (Fsp3) is 0.200. The van der Waals surface area contributed by atoms with Gasteiger partial charge in [0.1, 0.15) is 0 Å². The molecular formula is C20H19BrS. The number of halogens is 1. The molecule has 0 N–H and O–H groups in total.